The number of amides is 5. The lowest BCUT2D eigenvalue weighted by molar-refractivity contribution is -0.137. The third-order valence-electron chi connectivity index (χ3n) is 11.5. The van der Waals surface area contributed by atoms with E-state index < -0.39 is 11.9 Å². The molecule has 19 heteroatoms. The third kappa shape index (κ3) is 11.3. The first-order valence-corrected chi connectivity index (χ1v) is 22.1. The lowest BCUT2D eigenvalue weighted by Gasteiger charge is -2.29. The monoisotopic (exact) mass is 893 g/mol. The molecule has 3 aromatic carbocycles. The van der Waals surface area contributed by atoms with Crippen LogP contribution in [0.15, 0.2) is 91.5 Å². The van der Waals surface area contributed by atoms with Gasteiger partial charge in [-0.05, 0) is 92.6 Å². The smallest absolute Gasteiger partial charge is 0.255 e. The Morgan fingerprint density at radius 1 is 0.909 bits per heavy atom. The highest BCUT2D eigenvalue weighted by atomic mass is 16.5. The number of nitrogens with one attached hydrogen (secondary N) is 4. The van der Waals surface area contributed by atoms with Crippen molar-refractivity contribution in [1.82, 2.24) is 55.3 Å². The van der Waals surface area contributed by atoms with E-state index in [4.69, 9.17) is 4.74 Å². The van der Waals surface area contributed by atoms with Gasteiger partial charge >= 0.3 is 0 Å². The van der Waals surface area contributed by atoms with Gasteiger partial charge in [-0.3, -0.25) is 34.0 Å². The average Bonchev–Trinajstić information content (AvgIpc) is 4.04. The van der Waals surface area contributed by atoms with Crippen molar-refractivity contribution in [2.75, 3.05) is 17.2 Å². The summed E-state index contributed by atoms with van der Waals surface area (Å²) in [5, 5.41) is 28.7. The van der Waals surface area contributed by atoms with Crippen LogP contribution in [-0.2, 0) is 54.0 Å². The van der Waals surface area contributed by atoms with Crippen molar-refractivity contribution < 1.29 is 28.7 Å². The number of aromatic nitrogens is 8. The average molecular weight is 894 g/mol. The quantitative estimate of drug-likeness (QED) is 0.0564. The molecule has 1 fully saturated rings. The Hall–Kier alpha value is -7.83. The molecule has 6 aromatic rings. The predicted octanol–water partition coefficient (Wildman–Crippen LogP) is 4.77. The molecular formula is C47H51N13O6. The fraction of sp³-hybridized carbons (Fsp3) is 0.340. The summed E-state index contributed by atoms with van der Waals surface area (Å²) in [5.74, 6) is 0.650. The highest BCUT2D eigenvalue weighted by Gasteiger charge is 2.40. The van der Waals surface area contributed by atoms with Gasteiger partial charge in [-0.2, -0.15) is 0 Å². The molecule has 340 valence electrons. The summed E-state index contributed by atoms with van der Waals surface area (Å²) in [7, 11) is 1.88. The Labute approximate surface area is 380 Å². The zero-order valence-electron chi connectivity index (χ0n) is 36.6. The molecule has 4 N–H and O–H groups in total. The molecule has 2 aliphatic rings. The molecule has 0 saturated carbocycles. The number of rotatable bonds is 21. The lowest BCUT2D eigenvalue weighted by atomic mass is 10.0. The molecule has 3 aromatic heterocycles. The molecule has 19 nitrogen and oxygen atoms in total. The van der Waals surface area contributed by atoms with E-state index in [1.165, 1.54) is 11.2 Å². The van der Waals surface area contributed by atoms with Gasteiger partial charge in [0.2, 0.25) is 17.7 Å². The van der Waals surface area contributed by atoms with Crippen molar-refractivity contribution >= 4 is 40.9 Å². The molecule has 1 saturated heterocycles. The number of piperidine rings is 1. The van der Waals surface area contributed by atoms with Crippen LogP contribution in [0.2, 0.25) is 0 Å². The molecule has 0 bridgehead atoms. The van der Waals surface area contributed by atoms with E-state index >= 15 is 0 Å². The second-order valence-corrected chi connectivity index (χ2v) is 16.2. The molecule has 1 atom stereocenters. The number of hydrogen-bond acceptors (Lipinski definition) is 13. The van der Waals surface area contributed by atoms with Crippen molar-refractivity contribution in [1.29, 1.82) is 0 Å². The normalized spacial score (nSPS) is 14.5. The number of fused-ring (bicyclic) bond motifs is 1. The van der Waals surface area contributed by atoms with Crippen LogP contribution in [0.5, 0.6) is 5.75 Å². The van der Waals surface area contributed by atoms with Gasteiger partial charge in [0.1, 0.15) is 23.8 Å². The van der Waals surface area contributed by atoms with E-state index in [0.29, 0.717) is 66.4 Å². The van der Waals surface area contributed by atoms with Crippen LogP contribution in [0.3, 0.4) is 0 Å². The first-order valence-electron chi connectivity index (χ1n) is 22.1. The standard InChI is InChI=1S/C47H51N13O6/c1-58-41(55-56-44(58)39-20-21-48-30-51-39)27-49-33-12-7-11-32(25-33)45(63)50-26-31-10-6-14-35(24-31)66-23-5-3-2-4-22-59-28-34(54-57-59)13-8-17-42(61)52-38-16-9-15-36-37(38)29-60(47(36)65)40-18-19-43(62)53-46(40)64/h6-7,9-12,14-16,20-21,24-25,28,30,40,49H,2-5,8,13,17-19,22-23,26-27,29H2,1H3,(H,50,63)(H,52,61)(H,53,62,64). The summed E-state index contributed by atoms with van der Waals surface area (Å²) < 4.78 is 9.74. The number of carbonyl (C=O) groups excluding carboxylic acids is 5. The van der Waals surface area contributed by atoms with E-state index in [0.717, 1.165) is 60.7 Å². The highest BCUT2D eigenvalue weighted by molar-refractivity contribution is 6.06. The number of hydrogen-bond donors (Lipinski definition) is 4. The van der Waals surface area contributed by atoms with Crippen LogP contribution >= 0.6 is 0 Å². The Bertz CT molecular complexity index is 2700. The zero-order valence-corrected chi connectivity index (χ0v) is 36.6. The molecule has 0 spiro atoms. The summed E-state index contributed by atoms with van der Waals surface area (Å²) in [5.41, 5.74) is 5.41. The number of anilines is 2. The minimum absolute atomic E-state index is 0.176. The second-order valence-electron chi connectivity index (χ2n) is 16.2. The van der Waals surface area contributed by atoms with Gasteiger partial charge in [0.05, 0.1) is 18.8 Å². The lowest BCUT2D eigenvalue weighted by Crippen LogP contribution is -2.52. The number of unbranched alkanes of at least 4 members (excludes halogenated alkanes) is 3. The van der Waals surface area contributed by atoms with Gasteiger partial charge < -0.3 is 30.2 Å². The van der Waals surface area contributed by atoms with Crippen molar-refractivity contribution in [2.24, 2.45) is 7.05 Å². The van der Waals surface area contributed by atoms with Gasteiger partial charge in [0.15, 0.2) is 11.6 Å². The summed E-state index contributed by atoms with van der Waals surface area (Å²) in [6, 6.07) is 21.3. The fourth-order valence-electron chi connectivity index (χ4n) is 7.97. The summed E-state index contributed by atoms with van der Waals surface area (Å²) >= 11 is 0. The molecule has 1 unspecified atom stereocenters. The minimum Gasteiger partial charge on any atom is -0.494 e. The number of ether oxygens (including phenoxy) is 1. The van der Waals surface area contributed by atoms with E-state index in [2.05, 4.69) is 51.7 Å². The van der Waals surface area contributed by atoms with Crippen LogP contribution in [0, 0.1) is 0 Å². The Kier molecular flexibility index (Phi) is 14.4. The van der Waals surface area contributed by atoms with Crippen molar-refractivity contribution in [3.63, 3.8) is 0 Å². The molecule has 0 aliphatic carbocycles. The first-order chi connectivity index (χ1) is 32.2. The maximum absolute atomic E-state index is 13.1. The maximum atomic E-state index is 13.1. The topological polar surface area (TPSA) is 233 Å². The van der Waals surface area contributed by atoms with Crippen molar-refractivity contribution in [3.8, 4) is 17.3 Å². The van der Waals surface area contributed by atoms with Gasteiger partial charge in [0, 0.05) is 80.0 Å². The van der Waals surface area contributed by atoms with Crippen LogP contribution in [-0.4, -0.2) is 86.8 Å². The predicted molar refractivity (Wildman–Crippen MR) is 241 cm³/mol. The molecule has 2 aliphatic heterocycles. The number of benzene rings is 3. The second kappa shape index (κ2) is 21.2. The van der Waals surface area contributed by atoms with Crippen LogP contribution in [0.1, 0.15) is 94.7 Å². The Morgan fingerprint density at radius 2 is 1.77 bits per heavy atom. The Balaban J connectivity index is 0.687. The minimum atomic E-state index is -0.720. The zero-order chi connectivity index (χ0) is 45.8. The Morgan fingerprint density at radius 3 is 2.64 bits per heavy atom. The molecule has 5 heterocycles. The molecule has 8 rings (SSSR count). The molecule has 5 amide bonds. The molecular weight excluding hydrogens is 843 g/mol. The first kappa shape index (κ1) is 44.8. The summed E-state index contributed by atoms with van der Waals surface area (Å²) in [6.07, 6.45) is 10.8. The van der Waals surface area contributed by atoms with Crippen molar-refractivity contribution in [2.45, 2.75) is 90.0 Å². The van der Waals surface area contributed by atoms with E-state index in [-0.39, 0.29) is 49.4 Å². The third-order valence-corrected chi connectivity index (χ3v) is 11.5. The SMILES string of the molecule is Cn1c(CNc2cccc(C(=O)NCc3cccc(OCCCCCCn4cc(CCCC(=O)Nc5cccc6c5CN(C5CCC(=O)NC5=O)C6=O)nn4)c3)c2)nnc1-c1ccncn1. The van der Waals surface area contributed by atoms with E-state index in [1.807, 2.05) is 58.9 Å². The summed E-state index contributed by atoms with van der Waals surface area (Å²) in [6.45, 7) is 2.28. The van der Waals surface area contributed by atoms with E-state index in [9.17, 15) is 24.0 Å². The number of aryl methyl sites for hydroxylation is 2. The summed E-state index contributed by atoms with van der Waals surface area (Å²) in [4.78, 5) is 72.8. The van der Waals surface area contributed by atoms with Gasteiger partial charge in [-0.25, -0.2) is 9.97 Å². The number of carbonyl (C=O) groups is 5. The number of nitrogens with zero attached hydrogens (tertiary/aromatic N) is 9. The fourth-order valence-corrected chi connectivity index (χ4v) is 7.97. The van der Waals surface area contributed by atoms with Crippen LogP contribution in [0.25, 0.3) is 11.5 Å². The van der Waals surface area contributed by atoms with Gasteiger partial charge in [-0.15, -0.1) is 15.3 Å². The number of imide groups is 1. The van der Waals surface area contributed by atoms with E-state index in [1.54, 1.807) is 42.6 Å². The van der Waals surface area contributed by atoms with Gasteiger partial charge in [0.25, 0.3) is 11.8 Å². The molecule has 0 radical (unpaired) electrons. The maximum Gasteiger partial charge on any atom is 0.255 e. The van der Waals surface area contributed by atoms with Gasteiger partial charge in [-0.1, -0.05) is 35.9 Å². The van der Waals surface area contributed by atoms with Crippen molar-refractivity contribution in [3.05, 3.63) is 125 Å². The molecule has 66 heavy (non-hydrogen) atoms. The highest BCUT2D eigenvalue weighted by Crippen LogP contribution is 2.32. The van der Waals surface area contributed by atoms with Crippen LogP contribution < -0.4 is 26.0 Å². The van der Waals surface area contributed by atoms with Crippen LogP contribution in [0.4, 0.5) is 11.4 Å². The largest absolute Gasteiger partial charge is 0.494 e.